The molecule has 0 spiro atoms. The van der Waals surface area contributed by atoms with E-state index in [1.54, 1.807) is 11.8 Å². The van der Waals surface area contributed by atoms with Crippen molar-refractivity contribution in [1.82, 2.24) is 5.32 Å². The molecule has 0 aliphatic carbocycles. The largest absolute Gasteiger partial charge is 0.484 e. The summed E-state index contributed by atoms with van der Waals surface area (Å²) in [6, 6.07) is 3.74. The van der Waals surface area contributed by atoms with Crippen molar-refractivity contribution in [1.29, 1.82) is 0 Å². The van der Waals surface area contributed by atoms with Crippen molar-refractivity contribution in [2.45, 2.75) is 18.4 Å². The first-order valence-corrected chi connectivity index (χ1v) is 8.16. The third kappa shape index (κ3) is 4.04. The fourth-order valence-corrected chi connectivity index (χ4v) is 3.49. The highest BCUT2D eigenvalue weighted by Gasteiger charge is 2.41. The van der Waals surface area contributed by atoms with Crippen LogP contribution in [0.3, 0.4) is 0 Å². The van der Waals surface area contributed by atoms with Crippen LogP contribution in [0.4, 0.5) is 4.39 Å². The van der Waals surface area contributed by atoms with E-state index >= 15 is 0 Å². The van der Waals surface area contributed by atoms with E-state index in [4.69, 9.17) is 16.3 Å². The van der Waals surface area contributed by atoms with Gasteiger partial charge in [-0.25, -0.2) is 9.18 Å². The first kappa shape index (κ1) is 16.9. The second kappa shape index (κ2) is 7.19. The number of rotatable bonds is 5. The Morgan fingerprint density at radius 3 is 2.68 bits per heavy atom. The lowest BCUT2D eigenvalue weighted by molar-refractivity contribution is -0.148. The van der Waals surface area contributed by atoms with Crippen LogP contribution in [0.1, 0.15) is 12.8 Å². The Kier molecular flexibility index (Phi) is 5.52. The molecule has 2 N–H and O–H groups in total. The van der Waals surface area contributed by atoms with Gasteiger partial charge in [-0.3, -0.25) is 4.79 Å². The van der Waals surface area contributed by atoms with Gasteiger partial charge in [-0.2, -0.15) is 11.8 Å². The molecule has 0 radical (unpaired) electrons. The normalized spacial score (nSPS) is 16.8. The first-order chi connectivity index (χ1) is 10.4. The number of carboxylic acids is 1. The number of hydrogen-bond donors (Lipinski definition) is 2. The second-order valence-corrected chi connectivity index (χ2v) is 6.54. The molecule has 0 saturated carbocycles. The average molecular weight is 348 g/mol. The molecule has 1 aromatic rings. The van der Waals surface area contributed by atoms with Crippen LogP contribution in [0.25, 0.3) is 0 Å². The maximum atomic E-state index is 13.0. The molecule has 0 atom stereocenters. The molecular formula is C14H15ClFNO4S. The monoisotopic (exact) mass is 347 g/mol. The molecule has 22 heavy (non-hydrogen) atoms. The van der Waals surface area contributed by atoms with Gasteiger partial charge in [0.05, 0.1) is 5.02 Å². The summed E-state index contributed by atoms with van der Waals surface area (Å²) in [6.45, 7) is -0.357. The lowest BCUT2D eigenvalue weighted by Crippen LogP contribution is -2.57. The van der Waals surface area contributed by atoms with E-state index in [1.807, 2.05) is 0 Å². The SMILES string of the molecule is O=C(COc1ccc(F)c(Cl)c1)NC1(C(=O)O)CCSCC1. The van der Waals surface area contributed by atoms with Gasteiger partial charge in [0.25, 0.3) is 5.91 Å². The lowest BCUT2D eigenvalue weighted by Gasteiger charge is -2.33. The quantitative estimate of drug-likeness (QED) is 0.855. The minimum atomic E-state index is -1.23. The highest BCUT2D eigenvalue weighted by molar-refractivity contribution is 7.99. The Balaban J connectivity index is 1.94. The number of thioether (sulfide) groups is 1. The smallest absolute Gasteiger partial charge is 0.329 e. The van der Waals surface area contributed by atoms with Crippen LogP contribution in [-0.4, -0.2) is 40.6 Å². The van der Waals surface area contributed by atoms with Gasteiger partial charge in [-0.15, -0.1) is 0 Å². The summed E-state index contributed by atoms with van der Waals surface area (Å²) in [5.74, 6) is -0.545. The standard InChI is InChI=1S/C14H15ClFNO4S/c15-10-7-9(1-2-11(10)16)21-8-12(18)17-14(13(19)20)3-5-22-6-4-14/h1-2,7H,3-6,8H2,(H,17,18)(H,19,20). The predicted octanol–water partition coefficient (Wildman–Crippen LogP) is 2.32. The molecule has 0 unspecified atom stereocenters. The Morgan fingerprint density at radius 2 is 2.09 bits per heavy atom. The van der Waals surface area contributed by atoms with Crippen molar-refractivity contribution >= 4 is 35.2 Å². The molecule has 0 bridgehead atoms. The summed E-state index contributed by atoms with van der Waals surface area (Å²) in [5.41, 5.74) is -1.23. The van der Waals surface area contributed by atoms with Gasteiger partial charge < -0.3 is 15.2 Å². The average Bonchev–Trinajstić information content (AvgIpc) is 2.49. The van der Waals surface area contributed by atoms with Crippen LogP contribution in [0, 0.1) is 5.82 Å². The van der Waals surface area contributed by atoms with Crippen LogP contribution in [0.2, 0.25) is 5.02 Å². The molecule has 2 rings (SSSR count). The maximum absolute atomic E-state index is 13.0. The number of amides is 1. The summed E-state index contributed by atoms with van der Waals surface area (Å²) in [5, 5.41) is 11.8. The fraction of sp³-hybridized carbons (Fsp3) is 0.429. The van der Waals surface area contributed by atoms with Gasteiger partial charge in [-0.1, -0.05) is 11.6 Å². The van der Waals surface area contributed by atoms with Gasteiger partial charge >= 0.3 is 5.97 Å². The van der Waals surface area contributed by atoms with E-state index in [1.165, 1.54) is 12.1 Å². The van der Waals surface area contributed by atoms with E-state index in [0.29, 0.717) is 24.3 Å². The molecule has 1 fully saturated rings. The number of benzene rings is 1. The minimum absolute atomic E-state index is 0.107. The summed E-state index contributed by atoms with van der Waals surface area (Å²) in [6.07, 6.45) is 0.752. The zero-order chi connectivity index (χ0) is 16.2. The lowest BCUT2D eigenvalue weighted by atomic mass is 9.92. The molecule has 1 amide bonds. The number of carboxylic acid groups (broad SMARTS) is 1. The van der Waals surface area contributed by atoms with Gasteiger partial charge in [0.1, 0.15) is 17.1 Å². The number of aliphatic carboxylic acids is 1. The van der Waals surface area contributed by atoms with Gasteiger partial charge in [-0.05, 0) is 36.5 Å². The van der Waals surface area contributed by atoms with E-state index in [0.717, 1.165) is 6.07 Å². The molecule has 1 heterocycles. The molecule has 0 aromatic heterocycles. The summed E-state index contributed by atoms with van der Waals surface area (Å²) in [4.78, 5) is 23.4. The zero-order valence-corrected chi connectivity index (χ0v) is 13.2. The van der Waals surface area contributed by atoms with Crippen molar-refractivity contribution in [3.05, 3.63) is 29.0 Å². The predicted molar refractivity (Wildman–Crippen MR) is 82.0 cm³/mol. The summed E-state index contributed by atoms with van der Waals surface area (Å²) < 4.78 is 18.2. The number of ether oxygens (including phenoxy) is 1. The fourth-order valence-electron chi connectivity index (χ4n) is 2.13. The highest BCUT2D eigenvalue weighted by Crippen LogP contribution is 2.27. The Bertz CT molecular complexity index is 578. The number of hydrogen-bond acceptors (Lipinski definition) is 4. The third-order valence-corrected chi connectivity index (χ3v) is 4.67. The molecular weight excluding hydrogens is 333 g/mol. The van der Waals surface area contributed by atoms with Crippen LogP contribution in [0.15, 0.2) is 18.2 Å². The third-order valence-electron chi connectivity index (χ3n) is 3.40. The van der Waals surface area contributed by atoms with Gasteiger partial charge in [0.2, 0.25) is 0 Å². The summed E-state index contributed by atoms with van der Waals surface area (Å²) in [7, 11) is 0. The second-order valence-electron chi connectivity index (χ2n) is 4.91. The topological polar surface area (TPSA) is 75.6 Å². The van der Waals surface area contributed by atoms with Crippen LogP contribution < -0.4 is 10.1 Å². The summed E-state index contributed by atoms with van der Waals surface area (Å²) >= 11 is 7.27. The van der Waals surface area contributed by atoms with E-state index < -0.39 is 23.2 Å². The molecule has 1 aliphatic heterocycles. The Labute approximate surface area is 136 Å². The van der Waals surface area contributed by atoms with Gasteiger partial charge in [0.15, 0.2) is 6.61 Å². The molecule has 1 aromatic carbocycles. The van der Waals surface area contributed by atoms with Gasteiger partial charge in [0, 0.05) is 6.07 Å². The van der Waals surface area contributed by atoms with Crippen molar-refractivity contribution in [2.75, 3.05) is 18.1 Å². The van der Waals surface area contributed by atoms with Crippen molar-refractivity contribution in [3.63, 3.8) is 0 Å². The van der Waals surface area contributed by atoms with Crippen LogP contribution in [-0.2, 0) is 9.59 Å². The van der Waals surface area contributed by atoms with Crippen LogP contribution in [0.5, 0.6) is 5.75 Å². The Hall–Kier alpha value is -1.47. The van der Waals surface area contributed by atoms with Crippen molar-refractivity contribution in [2.24, 2.45) is 0 Å². The molecule has 1 aliphatic rings. The molecule has 5 nitrogen and oxygen atoms in total. The number of carbonyl (C=O) groups is 2. The van der Waals surface area contributed by atoms with E-state index in [2.05, 4.69) is 5.32 Å². The molecule has 8 heteroatoms. The number of nitrogens with one attached hydrogen (secondary N) is 1. The number of halogens is 2. The molecule has 1 saturated heterocycles. The van der Waals surface area contributed by atoms with Crippen LogP contribution >= 0.6 is 23.4 Å². The van der Waals surface area contributed by atoms with E-state index in [-0.39, 0.29) is 17.4 Å². The number of carbonyl (C=O) groups excluding carboxylic acids is 1. The van der Waals surface area contributed by atoms with Crippen molar-refractivity contribution < 1.29 is 23.8 Å². The van der Waals surface area contributed by atoms with E-state index in [9.17, 15) is 19.1 Å². The minimum Gasteiger partial charge on any atom is -0.484 e. The molecule has 120 valence electrons. The zero-order valence-electron chi connectivity index (χ0n) is 11.6. The Morgan fingerprint density at radius 1 is 1.41 bits per heavy atom. The maximum Gasteiger partial charge on any atom is 0.329 e. The first-order valence-electron chi connectivity index (χ1n) is 6.63. The highest BCUT2D eigenvalue weighted by atomic mass is 35.5. The van der Waals surface area contributed by atoms with Crippen molar-refractivity contribution in [3.8, 4) is 5.75 Å².